The first-order chi connectivity index (χ1) is 11.6. The van der Waals surface area contributed by atoms with Crippen molar-refractivity contribution in [2.24, 2.45) is 0 Å². The van der Waals surface area contributed by atoms with Crippen LogP contribution in [0.1, 0.15) is 5.56 Å². The number of aromatic nitrogens is 3. The monoisotopic (exact) mass is 327 g/mol. The van der Waals surface area contributed by atoms with Crippen molar-refractivity contribution in [2.75, 3.05) is 17.8 Å². The summed E-state index contributed by atoms with van der Waals surface area (Å²) in [5, 5.41) is 3.73. The zero-order valence-electron chi connectivity index (χ0n) is 13.1. The molecule has 7 heteroatoms. The van der Waals surface area contributed by atoms with Gasteiger partial charge in [0.2, 0.25) is 5.95 Å². The molecule has 0 amide bonds. The van der Waals surface area contributed by atoms with Crippen LogP contribution in [0.5, 0.6) is 0 Å². The van der Waals surface area contributed by atoms with Crippen LogP contribution in [0.25, 0.3) is 21.9 Å². The molecule has 0 bridgehead atoms. The number of anilines is 2. The SMILES string of the molecule is CNn1c(Nc2c[nH]c3cc(F)c(F)cc23)nc2cc(C)ccc21. The van der Waals surface area contributed by atoms with E-state index in [0.29, 0.717) is 22.5 Å². The highest BCUT2D eigenvalue weighted by atomic mass is 19.2. The van der Waals surface area contributed by atoms with Gasteiger partial charge in [-0.25, -0.2) is 18.4 Å². The number of nitrogens with zero attached hydrogens (tertiary/aromatic N) is 2. The minimum absolute atomic E-state index is 0.513. The number of benzene rings is 2. The van der Waals surface area contributed by atoms with Crippen LogP contribution in [0, 0.1) is 18.6 Å². The topological polar surface area (TPSA) is 57.7 Å². The van der Waals surface area contributed by atoms with Crippen molar-refractivity contribution in [2.45, 2.75) is 6.92 Å². The third-order valence-corrected chi connectivity index (χ3v) is 4.00. The predicted octanol–water partition coefficient (Wildman–Crippen LogP) is 4.02. The maximum absolute atomic E-state index is 13.6. The van der Waals surface area contributed by atoms with Gasteiger partial charge in [0.15, 0.2) is 11.6 Å². The highest BCUT2D eigenvalue weighted by molar-refractivity contribution is 5.94. The van der Waals surface area contributed by atoms with Crippen molar-refractivity contribution < 1.29 is 8.78 Å². The van der Waals surface area contributed by atoms with Gasteiger partial charge in [0.1, 0.15) is 0 Å². The van der Waals surface area contributed by atoms with E-state index in [1.54, 1.807) is 17.9 Å². The maximum atomic E-state index is 13.6. The molecule has 2 aromatic heterocycles. The molecule has 4 aromatic rings. The molecule has 0 aliphatic heterocycles. The summed E-state index contributed by atoms with van der Waals surface area (Å²) in [5.41, 5.74) is 7.06. The first-order valence-corrected chi connectivity index (χ1v) is 7.47. The lowest BCUT2D eigenvalue weighted by atomic mass is 10.2. The lowest BCUT2D eigenvalue weighted by molar-refractivity contribution is 0.511. The second-order valence-electron chi connectivity index (χ2n) is 5.63. The van der Waals surface area contributed by atoms with E-state index in [9.17, 15) is 8.78 Å². The number of rotatable bonds is 3. The average Bonchev–Trinajstić information content (AvgIpc) is 3.09. The number of aryl methyl sites for hydroxylation is 1. The molecule has 0 aliphatic carbocycles. The van der Waals surface area contributed by atoms with Gasteiger partial charge in [-0.2, -0.15) is 0 Å². The zero-order chi connectivity index (χ0) is 16.8. The molecule has 0 saturated carbocycles. The molecular weight excluding hydrogens is 312 g/mol. The van der Waals surface area contributed by atoms with Gasteiger partial charge in [-0.05, 0) is 30.7 Å². The Kier molecular flexibility index (Phi) is 3.16. The number of imidazole rings is 1. The Morgan fingerprint density at radius 3 is 2.71 bits per heavy atom. The second kappa shape index (κ2) is 5.23. The molecule has 0 aliphatic rings. The van der Waals surface area contributed by atoms with E-state index >= 15 is 0 Å². The van der Waals surface area contributed by atoms with E-state index in [4.69, 9.17) is 0 Å². The Hall–Kier alpha value is -3.09. The van der Waals surface area contributed by atoms with Crippen molar-refractivity contribution in [3.8, 4) is 0 Å². The Labute approximate surface area is 136 Å². The molecule has 5 nitrogen and oxygen atoms in total. The van der Waals surface area contributed by atoms with E-state index in [-0.39, 0.29) is 0 Å². The van der Waals surface area contributed by atoms with Gasteiger partial charge in [-0.3, -0.25) is 0 Å². The van der Waals surface area contributed by atoms with Crippen LogP contribution < -0.4 is 10.7 Å². The molecule has 0 fully saturated rings. The molecule has 0 radical (unpaired) electrons. The summed E-state index contributed by atoms with van der Waals surface area (Å²) >= 11 is 0. The standard InChI is InChI=1S/C17H15F2N5/c1-9-3-4-16-14(5-9)22-17(24(16)20-2)23-15-8-21-13-7-12(19)11(18)6-10(13)15/h3-8,20-21H,1-2H3,(H,22,23). The second-order valence-corrected chi connectivity index (χ2v) is 5.63. The van der Waals surface area contributed by atoms with E-state index in [0.717, 1.165) is 22.7 Å². The predicted molar refractivity (Wildman–Crippen MR) is 91.3 cm³/mol. The van der Waals surface area contributed by atoms with Crippen molar-refractivity contribution in [1.82, 2.24) is 14.6 Å². The highest BCUT2D eigenvalue weighted by Gasteiger charge is 2.14. The number of nitrogens with one attached hydrogen (secondary N) is 3. The minimum atomic E-state index is -0.886. The fourth-order valence-electron chi connectivity index (χ4n) is 2.84. The van der Waals surface area contributed by atoms with E-state index in [2.05, 4.69) is 20.7 Å². The number of hydrogen-bond donors (Lipinski definition) is 3. The molecule has 3 N–H and O–H groups in total. The highest BCUT2D eigenvalue weighted by Crippen LogP contribution is 2.29. The Morgan fingerprint density at radius 1 is 1.12 bits per heavy atom. The van der Waals surface area contributed by atoms with Crippen molar-refractivity contribution in [1.29, 1.82) is 0 Å². The molecule has 0 saturated heterocycles. The van der Waals surface area contributed by atoms with Crippen molar-refractivity contribution >= 4 is 33.6 Å². The summed E-state index contributed by atoms with van der Waals surface area (Å²) in [6.07, 6.45) is 1.66. The van der Waals surface area contributed by atoms with Crippen molar-refractivity contribution in [3.05, 3.63) is 53.7 Å². The van der Waals surface area contributed by atoms with Gasteiger partial charge in [0.05, 0.1) is 22.2 Å². The minimum Gasteiger partial charge on any atom is -0.359 e. The molecule has 2 heterocycles. The van der Waals surface area contributed by atoms with Crippen LogP contribution in [0.2, 0.25) is 0 Å². The maximum Gasteiger partial charge on any atom is 0.227 e. The molecule has 0 spiro atoms. The summed E-state index contributed by atoms with van der Waals surface area (Å²) in [4.78, 5) is 7.50. The lowest BCUT2D eigenvalue weighted by Gasteiger charge is -2.09. The van der Waals surface area contributed by atoms with Gasteiger partial charge in [-0.1, -0.05) is 6.07 Å². The Morgan fingerprint density at radius 2 is 1.92 bits per heavy atom. The first kappa shape index (κ1) is 14.5. The molecule has 4 rings (SSSR count). The first-order valence-electron chi connectivity index (χ1n) is 7.47. The number of H-pyrrole nitrogens is 1. The van der Waals surface area contributed by atoms with E-state index < -0.39 is 11.6 Å². The van der Waals surface area contributed by atoms with Gasteiger partial charge >= 0.3 is 0 Å². The lowest BCUT2D eigenvalue weighted by Crippen LogP contribution is -2.11. The number of aromatic amines is 1. The molecule has 0 atom stereocenters. The summed E-state index contributed by atoms with van der Waals surface area (Å²) in [7, 11) is 1.79. The van der Waals surface area contributed by atoms with Gasteiger partial charge in [0.25, 0.3) is 0 Å². The van der Waals surface area contributed by atoms with Gasteiger partial charge in [-0.15, -0.1) is 0 Å². The van der Waals surface area contributed by atoms with Crippen LogP contribution in [0.15, 0.2) is 36.5 Å². The van der Waals surface area contributed by atoms with Crippen LogP contribution in [-0.4, -0.2) is 21.7 Å². The van der Waals surface area contributed by atoms with Crippen LogP contribution >= 0.6 is 0 Å². The third kappa shape index (κ3) is 2.17. The molecule has 2 aromatic carbocycles. The number of halogens is 2. The number of fused-ring (bicyclic) bond motifs is 2. The molecular formula is C17H15F2N5. The van der Waals surface area contributed by atoms with Gasteiger partial charge in [0, 0.05) is 24.7 Å². The normalized spacial score (nSPS) is 11.3. The van der Waals surface area contributed by atoms with Gasteiger partial charge < -0.3 is 15.7 Å². The fourth-order valence-corrected chi connectivity index (χ4v) is 2.84. The fraction of sp³-hybridized carbons (Fsp3) is 0.118. The zero-order valence-corrected chi connectivity index (χ0v) is 13.1. The largest absolute Gasteiger partial charge is 0.359 e. The third-order valence-electron chi connectivity index (χ3n) is 4.00. The van der Waals surface area contributed by atoms with E-state index in [1.807, 2.05) is 25.1 Å². The Balaban J connectivity index is 1.83. The summed E-state index contributed by atoms with van der Waals surface area (Å²) in [6.45, 7) is 2.00. The van der Waals surface area contributed by atoms with E-state index in [1.165, 1.54) is 6.07 Å². The molecule has 122 valence electrons. The smallest absolute Gasteiger partial charge is 0.227 e. The molecule has 0 unspecified atom stereocenters. The summed E-state index contributed by atoms with van der Waals surface area (Å²) in [5.74, 6) is -1.21. The quantitative estimate of drug-likeness (QED) is 0.533. The molecule has 24 heavy (non-hydrogen) atoms. The average molecular weight is 327 g/mol. The van der Waals surface area contributed by atoms with Crippen LogP contribution in [0.3, 0.4) is 0 Å². The summed E-state index contributed by atoms with van der Waals surface area (Å²) in [6, 6.07) is 8.27. The van der Waals surface area contributed by atoms with Crippen LogP contribution in [0.4, 0.5) is 20.4 Å². The Bertz CT molecular complexity index is 1060. The number of hydrogen-bond acceptors (Lipinski definition) is 3. The van der Waals surface area contributed by atoms with Crippen molar-refractivity contribution in [3.63, 3.8) is 0 Å². The summed E-state index contributed by atoms with van der Waals surface area (Å²) < 4.78 is 28.7. The van der Waals surface area contributed by atoms with Crippen LogP contribution in [-0.2, 0) is 0 Å².